The van der Waals surface area contributed by atoms with Gasteiger partial charge >= 0.3 is 5.97 Å². The molecule has 2 aromatic carbocycles. The van der Waals surface area contributed by atoms with E-state index in [1.165, 1.54) is 0 Å². The Morgan fingerprint density at radius 2 is 1.72 bits per heavy atom. The number of nitrogens with zero attached hydrogens (tertiary/aromatic N) is 1. The first-order valence-electron chi connectivity index (χ1n) is 9.49. The largest absolute Gasteiger partial charge is 0.478 e. The molecule has 4 nitrogen and oxygen atoms in total. The van der Waals surface area contributed by atoms with Gasteiger partial charge in [-0.15, -0.1) is 0 Å². The Balaban J connectivity index is 1.76. The molecule has 0 radical (unpaired) electrons. The summed E-state index contributed by atoms with van der Waals surface area (Å²) in [6.07, 6.45) is 0.783. The van der Waals surface area contributed by atoms with Crippen molar-refractivity contribution in [1.82, 2.24) is 9.88 Å². The highest BCUT2D eigenvalue weighted by Crippen LogP contribution is 2.24. The van der Waals surface area contributed by atoms with Crippen LogP contribution in [-0.4, -0.2) is 22.2 Å². The summed E-state index contributed by atoms with van der Waals surface area (Å²) >= 11 is 12.2. The van der Waals surface area contributed by atoms with E-state index in [0.717, 1.165) is 39.5 Å². The first-order valence-corrected chi connectivity index (χ1v) is 10.2. The Bertz CT molecular complexity index is 1010. The lowest BCUT2D eigenvalue weighted by atomic mass is 10.1. The third-order valence-corrected chi connectivity index (χ3v) is 5.83. The number of halogens is 2. The van der Waals surface area contributed by atoms with E-state index < -0.39 is 5.97 Å². The summed E-state index contributed by atoms with van der Waals surface area (Å²) in [7, 11) is 0. The second kappa shape index (κ2) is 9.49. The molecule has 3 aromatic rings. The van der Waals surface area contributed by atoms with E-state index in [9.17, 15) is 9.90 Å². The lowest BCUT2D eigenvalue weighted by Crippen LogP contribution is -2.19. The lowest BCUT2D eigenvalue weighted by molar-refractivity contribution is 0.0694. The van der Waals surface area contributed by atoms with Gasteiger partial charge in [0.1, 0.15) is 0 Å². The average Bonchev–Trinajstić information content (AvgIpc) is 2.92. The number of benzene rings is 2. The number of aromatic carboxylic acids is 1. The summed E-state index contributed by atoms with van der Waals surface area (Å²) < 4.78 is 2.05. The van der Waals surface area contributed by atoms with Gasteiger partial charge in [0, 0.05) is 40.1 Å². The second-order valence-electron chi connectivity index (χ2n) is 7.06. The fraction of sp³-hybridized carbons (Fsp3) is 0.261. The molecule has 3 rings (SSSR count). The van der Waals surface area contributed by atoms with Crippen LogP contribution in [0.4, 0.5) is 0 Å². The van der Waals surface area contributed by atoms with Crippen molar-refractivity contribution in [3.05, 3.63) is 92.2 Å². The van der Waals surface area contributed by atoms with Crippen molar-refractivity contribution in [2.75, 3.05) is 6.54 Å². The van der Waals surface area contributed by atoms with Crippen LogP contribution in [0.25, 0.3) is 0 Å². The van der Waals surface area contributed by atoms with Gasteiger partial charge in [-0.1, -0.05) is 53.5 Å². The van der Waals surface area contributed by atoms with Gasteiger partial charge in [0.15, 0.2) is 0 Å². The van der Waals surface area contributed by atoms with Crippen LogP contribution in [0.3, 0.4) is 0 Å². The predicted molar refractivity (Wildman–Crippen MR) is 118 cm³/mol. The van der Waals surface area contributed by atoms with E-state index in [-0.39, 0.29) is 0 Å². The van der Waals surface area contributed by atoms with Crippen molar-refractivity contribution in [1.29, 1.82) is 0 Å². The van der Waals surface area contributed by atoms with Gasteiger partial charge < -0.3 is 15.0 Å². The van der Waals surface area contributed by atoms with Gasteiger partial charge in [-0.25, -0.2) is 4.79 Å². The molecule has 1 aromatic heterocycles. The van der Waals surface area contributed by atoms with Gasteiger partial charge in [-0.3, -0.25) is 0 Å². The Hall–Kier alpha value is -2.27. The van der Waals surface area contributed by atoms with Gasteiger partial charge in [-0.05, 0) is 56.1 Å². The molecule has 0 atom stereocenters. The SMILES string of the molecule is Cc1c(CNCCc2ccccc2Cl)c(C(=O)O)c(C)n1Cc1ccc(Cl)cc1. The maximum Gasteiger partial charge on any atom is 0.337 e. The molecule has 0 fully saturated rings. The average molecular weight is 431 g/mol. The quantitative estimate of drug-likeness (QED) is 0.464. The third-order valence-electron chi connectivity index (χ3n) is 5.21. The number of carbonyl (C=O) groups is 1. The molecule has 0 aliphatic carbocycles. The summed E-state index contributed by atoms with van der Waals surface area (Å²) in [5.74, 6) is -0.900. The molecule has 6 heteroatoms. The molecule has 0 unspecified atom stereocenters. The molecule has 0 amide bonds. The van der Waals surface area contributed by atoms with Gasteiger partial charge in [0.2, 0.25) is 0 Å². The highest BCUT2D eigenvalue weighted by molar-refractivity contribution is 6.31. The maximum atomic E-state index is 11.9. The molecule has 29 heavy (non-hydrogen) atoms. The number of nitrogens with one attached hydrogen (secondary N) is 1. The summed E-state index contributed by atoms with van der Waals surface area (Å²) in [6.45, 7) is 5.64. The molecule has 0 spiro atoms. The zero-order chi connectivity index (χ0) is 21.0. The van der Waals surface area contributed by atoms with Gasteiger partial charge in [0.05, 0.1) is 5.56 Å². The maximum absolute atomic E-state index is 11.9. The molecule has 1 heterocycles. The summed E-state index contributed by atoms with van der Waals surface area (Å²) in [5, 5.41) is 14.6. The number of carboxylic acids is 1. The molecular formula is C23H24Cl2N2O2. The first kappa shape index (κ1) is 21.4. The Labute approximate surface area is 181 Å². The van der Waals surface area contributed by atoms with E-state index in [1.54, 1.807) is 0 Å². The van der Waals surface area contributed by atoms with E-state index in [4.69, 9.17) is 23.2 Å². The van der Waals surface area contributed by atoms with Crippen LogP contribution < -0.4 is 5.32 Å². The molecular weight excluding hydrogens is 407 g/mol. The normalized spacial score (nSPS) is 11.0. The van der Waals surface area contributed by atoms with Crippen molar-refractivity contribution in [2.45, 2.75) is 33.4 Å². The van der Waals surface area contributed by atoms with E-state index >= 15 is 0 Å². The van der Waals surface area contributed by atoms with Crippen LogP contribution in [0.2, 0.25) is 10.0 Å². The standard InChI is InChI=1S/C23H24Cl2N2O2/c1-15-20(13-26-12-11-18-5-3-4-6-21(18)25)22(23(28)29)16(2)27(15)14-17-7-9-19(24)10-8-17/h3-10,26H,11-14H2,1-2H3,(H,28,29). The number of hydrogen-bond donors (Lipinski definition) is 2. The second-order valence-corrected chi connectivity index (χ2v) is 7.90. The molecule has 0 saturated heterocycles. The van der Waals surface area contributed by atoms with Crippen LogP contribution in [-0.2, 0) is 19.5 Å². The van der Waals surface area contributed by atoms with Crippen LogP contribution in [0.15, 0.2) is 48.5 Å². The van der Waals surface area contributed by atoms with Crippen LogP contribution in [0.1, 0.15) is 38.4 Å². The smallest absolute Gasteiger partial charge is 0.337 e. The minimum absolute atomic E-state index is 0.377. The number of rotatable bonds is 8. The first-order chi connectivity index (χ1) is 13.9. The highest BCUT2D eigenvalue weighted by Gasteiger charge is 2.22. The third kappa shape index (κ3) is 5.02. The Kier molecular flexibility index (Phi) is 7.01. The highest BCUT2D eigenvalue weighted by atomic mass is 35.5. The van der Waals surface area contributed by atoms with Gasteiger partial charge in [-0.2, -0.15) is 0 Å². The topological polar surface area (TPSA) is 54.3 Å². The monoisotopic (exact) mass is 430 g/mol. The fourth-order valence-corrected chi connectivity index (χ4v) is 3.95. The van der Waals surface area contributed by atoms with Crippen molar-refractivity contribution >= 4 is 29.2 Å². The van der Waals surface area contributed by atoms with Crippen LogP contribution in [0.5, 0.6) is 0 Å². The number of carboxylic acid groups (broad SMARTS) is 1. The summed E-state index contributed by atoms with van der Waals surface area (Å²) in [5.41, 5.74) is 5.07. The van der Waals surface area contributed by atoms with Gasteiger partial charge in [0.25, 0.3) is 0 Å². The minimum Gasteiger partial charge on any atom is -0.478 e. The predicted octanol–water partition coefficient (Wildman–Crippen LogP) is 5.49. The molecule has 0 aliphatic heterocycles. The zero-order valence-corrected chi connectivity index (χ0v) is 18.0. The molecule has 152 valence electrons. The minimum atomic E-state index is -0.900. The Morgan fingerprint density at radius 1 is 1.03 bits per heavy atom. The van der Waals surface area contributed by atoms with Crippen molar-refractivity contribution in [3.63, 3.8) is 0 Å². The molecule has 2 N–H and O–H groups in total. The molecule has 0 bridgehead atoms. The zero-order valence-electron chi connectivity index (χ0n) is 16.5. The van der Waals surface area contributed by atoms with Crippen molar-refractivity contribution < 1.29 is 9.90 Å². The van der Waals surface area contributed by atoms with Crippen LogP contribution in [0, 0.1) is 13.8 Å². The molecule has 0 aliphatic rings. The number of aromatic nitrogens is 1. The van der Waals surface area contributed by atoms with E-state index in [2.05, 4.69) is 9.88 Å². The van der Waals surface area contributed by atoms with Crippen LogP contribution >= 0.6 is 23.2 Å². The number of hydrogen-bond acceptors (Lipinski definition) is 2. The van der Waals surface area contributed by atoms with E-state index in [1.807, 2.05) is 62.4 Å². The summed E-state index contributed by atoms with van der Waals surface area (Å²) in [6, 6.07) is 15.4. The fourth-order valence-electron chi connectivity index (χ4n) is 3.60. The molecule has 0 saturated carbocycles. The lowest BCUT2D eigenvalue weighted by Gasteiger charge is -2.11. The Morgan fingerprint density at radius 3 is 2.38 bits per heavy atom. The van der Waals surface area contributed by atoms with E-state index in [0.29, 0.717) is 30.2 Å². The van der Waals surface area contributed by atoms with Crippen molar-refractivity contribution in [2.24, 2.45) is 0 Å². The van der Waals surface area contributed by atoms with Crippen molar-refractivity contribution in [3.8, 4) is 0 Å². The summed E-state index contributed by atoms with van der Waals surface area (Å²) in [4.78, 5) is 11.9.